The van der Waals surface area contributed by atoms with E-state index >= 15 is 0 Å². The summed E-state index contributed by atoms with van der Waals surface area (Å²) in [6.45, 7) is 3.01. The maximum absolute atomic E-state index is 11.6. The number of nitrogens with two attached hydrogens (primary N) is 1. The molecule has 0 saturated carbocycles. The fourth-order valence-electron chi connectivity index (χ4n) is 2.05. The molecular weight excluding hydrogens is 236 g/mol. The average Bonchev–Trinajstić information content (AvgIpc) is 2.40. The molecule has 0 aliphatic heterocycles. The number of nitrogen functional groups attached to an aromatic ring is 1. The smallest absolute Gasteiger partial charge is 0.220 e. The molecule has 0 radical (unpaired) electrons. The van der Waals surface area contributed by atoms with Crippen molar-refractivity contribution in [3.8, 4) is 0 Å². The Morgan fingerprint density at radius 3 is 2.74 bits per heavy atom. The molecule has 0 saturated heterocycles. The van der Waals surface area contributed by atoms with Gasteiger partial charge in [0.25, 0.3) is 0 Å². The zero-order valence-corrected chi connectivity index (χ0v) is 12.0. The van der Waals surface area contributed by atoms with Gasteiger partial charge in [-0.15, -0.1) is 0 Å². The first kappa shape index (κ1) is 15.5. The summed E-state index contributed by atoms with van der Waals surface area (Å²) in [5.74, 6) is 0.137. The maximum Gasteiger partial charge on any atom is 0.220 e. The molecule has 1 aromatic carbocycles. The second kappa shape index (κ2) is 9.42. The molecule has 0 heterocycles. The molecule has 0 aliphatic carbocycles. The third-order valence-electron chi connectivity index (χ3n) is 3.19. The third kappa shape index (κ3) is 7.50. The zero-order chi connectivity index (χ0) is 13.9. The maximum atomic E-state index is 11.6. The van der Waals surface area contributed by atoms with Crippen molar-refractivity contribution in [3.63, 3.8) is 0 Å². The van der Waals surface area contributed by atoms with Crippen molar-refractivity contribution in [2.45, 2.75) is 51.9 Å². The third-order valence-corrected chi connectivity index (χ3v) is 3.19. The Kier molecular flexibility index (Phi) is 7.71. The molecule has 0 unspecified atom stereocenters. The quantitative estimate of drug-likeness (QED) is 0.530. The topological polar surface area (TPSA) is 55.1 Å². The highest BCUT2D eigenvalue weighted by Gasteiger charge is 2.01. The van der Waals surface area contributed by atoms with E-state index < -0.39 is 0 Å². The second-order valence-corrected chi connectivity index (χ2v) is 5.01. The molecule has 0 fully saturated rings. The summed E-state index contributed by atoms with van der Waals surface area (Å²) >= 11 is 0. The van der Waals surface area contributed by atoms with Gasteiger partial charge < -0.3 is 11.1 Å². The highest BCUT2D eigenvalue weighted by Crippen LogP contribution is 2.08. The van der Waals surface area contributed by atoms with Crippen LogP contribution >= 0.6 is 0 Å². The molecule has 1 rings (SSSR count). The van der Waals surface area contributed by atoms with Gasteiger partial charge in [0.1, 0.15) is 0 Å². The minimum Gasteiger partial charge on any atom is -0.399 e. The summed E-state index contributed by atoms with van der Waals surface area (Å²) in [5.41, 5.74) is 7.58. The lowest BCUT2D eigenvalue weighted by Crippen LogP contribution is -2.24. The van der Waals surface area contributed by atoms with Crippen molar-refractivity contribution >= 4 is 11.6 Å². The van der Waals surface area contributed by atoms with E-state index in [0.717, 1.165) is 30.6 Å². The van der Waals surface area contributed by atoms with E-state index in [-0.39, 0.29) is 5.91 Å². The van der Waals surface area contributed by atoms with Gasteiger partial charge in [0.2, 0.25) is 5.91 Å². The lowest BCUT2D eigenvalue weighted by molar-refractivity contribution is -0.121. The van der Waals surface area contributed by atoms with Crippen LogP contribution in [0.5, 0.6) is 0 Å². The van der Waals surface area contributed by atoms with Crippen molar-refractivity contribution in [3.05, 3.63) is 29.8 Å². The fraction of sp³-hybridized carbons (Fsp3) is 0.562. The van der Waals surface area contributed by atoms with Gasteiger partial charge in [-0.05, 0) is 30.5 Å². The average molecular weight is 262 g/mol. The van der Waals surface area contributed by atoms with Crippen molar-refractivity contribution in [1.82, 2.24) is 5.32 Å². The Labute approximate surface area is 116 Å². The first-order chi connectivity index (χ1) is 9.22. The Morgan fingerprint density at radius 1 is 1.21 bits per heavy atom. The summed E-state index contributed by atoms with van der Waals surface area (Å²) in [7, 11) is 0. The van der Waals surface area contributed by atoms with Gasteiger partial charge >= 0.3 is 0 Å². The van der Waals surface area contributed by atoms with Crippen LogP contribution in [-0.4, -0.2) is 12.5 Å². The minimum absolute atomic E-state index is 0.137. The summed E-state index contributed by atoms with van der Waals surface area (Å²) in [6, 6.07) is 7.72. The van der Waals surface area contributed by atoms with E-state index in [1.54, 1.807) is 0 Å². The van der Waals surface area contributed by atoms with Crippen LogP contribution in [0.3, 0.4) is 0 Å². The van der Waals surface area contributed by atoms with E-state index in [1.165, 1.54) is 25.7 Å². The van der Waals surface area contributed by atoms with Crippen LogP contribution in [-0.2, 0) is 11.2 Å². The van der Waals surface area contributed by atoms with E-state index in [4.69, 9.17) is 5.73 Å². The van der Waals surface area contributed by atoms with Gasteiger partial charge in [-0.25, -0.2) is 0 Å². The Morgan fingerprint density at radius 2 is 2.00 bits per heavy atom. The number of aryl methyl sites for hydroxylation is 1. The molecule has 3 N–H and O–H groups in total. The van der Waals surface area contributed by atoms with Gasteiger partial charge in [0, 0.05) is 18.7 Å². The van der Waals surface area contributed by atoms with Crippen LogP contribution in [0, 0.1) is 0 Å². The molecule has 1 aromatic rings. The Bertz CT molecular complexity index is 377. The molecule has 106 valence electrons. The number of amides is 1. The molecule has 19 heavy (non-hydrogen) atoms. The number of hydrogen-bond acceptors (Lipinski definition) is 2. The van der Waals surface area contributed by atoms with Crippen LogP contribution in [0.25, 0.3) is 0 Å². The summed E-state index contributed by atoms with van der Waals surface area (Å²) in [5, 5.41) is 2.97. The number of nitrogens with one attached hydrogen (secondary N) is 1. The molecule has 3 heteroatoms. The number of rotatable bonds is 9. The number of unbranched alkanes of at least 4 members (excludes halogenated alkanes) is 4. The molecular formula is C16H26N2O. The Hall–Kier alpha value is -1.51. The largest absolute Gasteiger partial charge is 0.399 e. The number of carbonyl (C=O) groups excluding carboxylic acids is 1. The molecule has 3 nitrogen and oxygen atoms in total. The fourth-order valence-corrected chi connectivity index (χ4v) is 2.05. The predicted octanol–water partition coefficient (Wildman–Crippen LogP) is 3.29. The van der Waals surface area contributed by atoms with Crippen LogP contribution < -0.4 is 11.1 Å². The van der Waals surface area contributed by atoms with Crippen molar-refractivity contribution < 1.29 is 4.79 Å². The predicted molar refractivity (Wildman–Crippen MR) is 80.9 cm³/mol. The monoisotopic (exact) mass is 262 g/mol. The number of carbonyl (C=O) groups is 1. The van der Waals surface area contributed by atoms with E-state index in [2.05, 4.69) is 12.2 Å². The minimum atomic E-state index is 0.137. The lowest BCUT2D eigenvalue weighted by Gasteiger charge is -2.05. The van der Waals surface area contributed by atoms with Crippen LogP contribution in [0.15, 0.2) is 24.3 Å². The summed E-state index contributed by atoms with van der Waals surface area (Å²) in [6.07, 6.45) is 7.42. The first-order valence-electron chi connectivity index (χ1n) is 7.33. The van der Waals surface area contributed by atoms with Crippen LogP contribution in [0.4, 0.5) is 5.69 Å². The highest BCUT2D eigenvalue weighted by molar-refractivity contribution is 5.76. The lowest BCUT2D eigenvalue weighted by atomic mass is 10.1. The van der Waals surface area contributed by atoms with Crippen molar-refractivity contribution in [2.24, 2.45) is 0 Å². The normalized spacial score (nSPS) is 10.4. The Balaban J connectivity index is 2.08. The van der Waals surface area contributed by atoms with E-state index in [9.17, 15) is 4.79 Å². The molecule has 0 bridgehead atoms. The standard InChI is InChI=1S/C16H26N2O/c1-2-3-4-5-6-12-18-16(19)11-10-14-8-7-9-15(17)13-14/h7-9,13H,2-6,10-12,17H2,1H3,(H,18,19). The van der Waals surface area contributed by atoms with Gasteiger partial charge in [-0.3, -0.25) is 4.79 Å². The van der Waals surface area contributed by atoms with Gasteiger partial charge in [-0.2, -0.15) is 0 Å². The SMILES string of the molecule is CCCCCCCNC(=O)CCc1cccc(N)c1. The van der Waals surface area contributed by atoms with Gasteiger partial charge in [0.15, 0.2) is 0 Å². The number of hydrogen-bond donors (Lipinski definition) is 2. The molecule has 1 amide bonds. The summed E-state index contributed by atoms with van der Waals surface area (Å²) in [4.78, 5) is 11.6. The molecule has 0 aromatic heterocycles. The van der Waals surface area contributed by atoms with Crippen molar-refractivity contribution in [1.29, 1.82) is 0 Å². The molecule has 0 aliphatic rings. The number of benzene rings is 1. The van der Waals surface area contributed by atoms with Gasteiger partial charge in [-0.1, -0.05) is 44.7 Å². The van der Waals surface area contributed by atoms with Crippen molar-refractivity contribution in [2.75, 3.05) is 12.3 Å². The second-order valence-electron chi connectivity index (χ2n) is 5.01. The molecule has 0 spiro atoms. The molecule has 0 atom stereocenters. The van der Waals surface area contributed by atoms with Crippen LogP contribution in [0.1, 0.15) is 51.0 Å². The summed E-state index contributed by atoms with van der Waals surface area (Å²) < 4.78 is 0. The van der Waals surface area contributed by atoms with E-state index in [0.29, 0.717) is 6.42 Å². The zero-order valence-electron chi connectivity index (χ0n) is 12.0. The number of anilines is 1. The van der Waals surface area contributed by atoms with Gasteiger partial charge in [0.05, 0.1) is 0 Å². The first-order valence-corrected chi connectivity index (χ1v) is 7.33. The van der Waals surface area contributed by atoms with Crippen LogP contribution in [0.2, 0.25) is 0 Å². The van der Waals surface area contributed by atoms with E-state index in [1.807, 2.05) is 24.3 Å². The highest BCUT2D eigenvalue weighted by atomic mass is 16.1.